The van der Waals surface area contributed by atoms with Gasteiger partial charge in [-0.2, -0.15) is 0 Å². The number of methoxy groups -OCH3 is 1. The lowest BCUT2D eigenvalue weighted by molar-refractivity contribution is -0.190. The Morgan fingerprint density at radius 2 is 2.00 bits per heavy atom. The quantitative estimate of drug-likeness (QED) is 0.791. The third kappa shape index (κ3) is 1.89. The van der Waals surface area contributed by atoms with E-state index in [-0.39, 0.29) is 23.9 Å². The van der Waals surface area contributed by atoms with Gasteiger partial charge < -0.3 is 9.84 Å². The number of carbonyl (C=O) groups is 2. The summed E-state index contributed by atoms with van der Waals surface area (Å²) in [5.74, 6) is -0.713. The van der Waals surface area contributed by atoms with Gasteiger partial charge in [0.25, 0.3) is 0 Å². The lowest BCUT2D eigenvalue weighted by Crippen LogP contribution is -2.66. The molecular formula is C20H25FO4. The Morgan fingerprint density at radius 3 is 2.68 bits per heavy atom. The zero-order valence-electron chi connectivity index (χ0n) is 14.9. The Balaban J connectivity index is 1.82. The monoisotopic (exact) mass is 348 g/mol. The largest absolute Gasteiger partial charge is 0.390 e. The zero-order valence-corrected chi connectivity index (χ0v) is 14.9. The third-order valence-electron chi connectivity index (χ3n) is 7.64. The van der Waals surface area contributed by atoms with Gasteiger partial charge in [0.05, 0.1) is 6.10 Å². The molecule has 0 heterocycles. The van der Waals surface area contributed by atoms with Crippen LogP contribution in [0.15, 0.2) is 23.8 Å². The highest BCUT2D eigenvalue weighted by Crippen LogP contribution is 2.67. The van der Waals surface area contributed by atoms with Crippen LogP contribution >= 0.6 is 0 Å². The van der Waals surface area contributed by atoms with Gasteiger partial charge in [-0.15, -0.1) is 0 Å². The SMILES string of the molecule is CO[C@@H]1C[C@H]2[C@@H]3CCC4=CC(=O)C=C[C@]4(C)C3(F)[C@@H](O)C[C@]2(C)C1=O. The summed E-state index contributed by atoms with van der Waals surface area (Å²) in [6.07, 6.45) is 4.58. The minimum Gasteiger partial charge on any atom is -0.390 e. The van der Waals surface area contributed by atoms with Crippen LogP contribution in [0.3, 0.4) is 0 Å². The van der Waals surface area contributed by atoms with Crippen molar-refractivity contribution in [3.8, 4) is 0 Å². The highest BCUT2D eigenvalue weighted by molar-refractivity contribution is 6.01. The van der Waals surface area contributed by atoms with E-state index in [0.29, 0.717) is 19.3 Å². The molecule has 4 aliphatic rings. The predicted octanol–water partition coefficient (Wildman–Crippen LogP) is 2.55. The molecule has 4 aliphatic carbocycles. The number of hydrogen-bond acceptors (Lipinski definition) is 4. The van der Waals surface area contributed by atoms with Crippen molar-refractivity contribution < 1.29 is 23.8 Å². The van der Waals surface area contributed by atoms with Crippen LogP contribution < -0.4 is 0 Å². The van der Waals surface area contributed by atoms with Crippen molar-refractivity contribution in [3.63, 3.8) is 0 Å². The van der Waals surface area contributed by atoms with Gasteiger partial charge in [-0.25, -0.2) is 4.39 Å². The molecule has 3 fully saturated rings. The highest BCUT2D eigenvalue weighted by atomic mass is 19.1. The van der Waals surface area contributed by atoms with E-state index in [0.717, 1.165) is 5.57 Å². The number of alkyl halides is 1. The second-order valence-corrected chi connectivity index (χ2v) is 8.59. The summed E-state index contributed by atoms with van der Waals surface area (Å²) in [5.41, 5.74) is -2.86. The maximum absolute atomic E-state index is 16.6. The molecular weight excluding hydrogens is 323 g/mol. The number of ketones is 2. The fraction of sp³-hybridized carbons (Fsp3) is 0.700. The maximum Gasteiger partial charge on any atom is 0.178 e. The topological polar surface area (TPSA) is 63.6 Å². The normalized spacial score (nSPS) is 51.6. The summed E-state index contributed by atoms with van der Waals surface area (Å²) in [6.45, 7) is 3.64. The van der Waals surface area contributed by atoms with E-state index in [4.69, 9.17) is 4.74 Å². The first kappa shape index (κ1) is 17.1. The Kier molecular flexibility index (Phi) is 3.49. The van der Waals surface area contributed by atoms with Crippen molar-refractivity contribution in [1.82, 2.24) is 0 Å². The molecule has 0 spiro atoms. The lowest BCUT2D eigenvalue weighted by atomic mass is 9.46. The van der Waals surface area contributed by atoms with E-state index >= 15 is 4.39 Å². The molecule has 0 aromatic rings. The van der Waals surface area contributed by atoms with Gasteiger partial charge >= 0.3 is 0 Å². The van der Waals surface area contributed by atoms with E-state index < -0.39 is 34.6 Å². The van der Waals surface area contributed by atoms with Crippen LogP contribution in [0.1, 0.15) is 39.5 Å². The van der Waals surface area contributed by atoms with Gasteiger partial charge in [-0.1, -0.05) is 18.6 Å². The number of ether oxygens (including phenoxy) is 1. The summed E-state index contributed by atoms with van der Waals surface area (Å²) >= 11 is 0. The number of aliphatic hydroxyl groups is 1. The Morgan fingerprint density at radius 1 is 1.28 bits per heavy atom. The molecule has 5 heteroatoms. The number of fused-ring (bicyclic) bond motifs is 5. The van der Waals surface area contributed by atoms with Crippen LogP contribution in [-0.4, -0.2) is 41.7 Å². The third-order valence-corrected chi connectivity index (χ3v) is 7.64. The van der Waals surface area contributed by atoms with Crippen LogP contribution in [0, 0.1) is 22.7 Å². The number of rotatable bonds is 1. The molecule has 25 heavy (non-hydrogen) atoms. The smallest absolute Gasteiger partial charge is 0.178 e. The van der Waals surface area contributed by atoms with Crippen LogP contribution in [-0.2, 0) is 14.3 Å². The molecule has 0 amide bonds. The molecule has 1 unspecified atom stereocenters. The van der Waals surface area contributed by atoms with E-state index in [2.05, 4.69) is 0 Å². The van der Waals surface area contributed by atoms with Crippen molar-refractivity contribution in [2.45, 2.75) is 57.4 Å². The van der Waals surface area contributed by atoms with E-state index in [1.54, 1.807) is 13.0 Å². The van der Waals surface area contributed by atoms with Gasteiger partial charge in [-0.05, 0) is 50.7 Å². The van der Waals surface area contributed by atoms with Crippen molar-refractivity contribution in [2.75, 3.05) is 7.11 Å². The van der Waals surface area contributed by atoms with E-state index in [1.807, 2.05) is 6.92 Å². The average Bonchev–Trinajstić information content (AvgIpc) is 2.81. The first-order valence-corrected chi connectivity index (χ1v) is 9.07. The van der Waals surface area contributed by atoms with Crippen molar-refractivity contribution in [1.29, 1.82) is 0 Å². The molecule has 0 radical (unpaired) electrons. The molecule has 0 aromatic carbocycles. The molecule has 4 rings (SSSR count). The lowest BCUT2D eigenvalue weighted by Gasteiger charge is -2.60. The number of aliphatic hydroxyl groups excluding tert-OH is 1. The van der Waals surface area contributed by atoms with Gasteiger partial charge in [0.1, 0.15) is 6.10 Å². The molecule has 0 aliphatic heterocycles. The summed E-state index contributed by atoms with van der Waals surface area (Å²) in [4.78, 5) is 24.5. The van der Waals surface area contributed by atoms with Crippen LogP contribution in [0.2, 0.25) is 0 Å². The van der Waals surface area contributed by atoms with Gasteiger partial charge in [0, 0.05) is 23.9 Å². The second kappa shape index (κ2) is 5.10. The minimum absolute atomic E-state index is 0.0121. The molecule has 7 atom stereocenters. The van der Waals surface area contributed by atoms with Gasteiger partial charge in [0.15, 0.2) is 17.2 Å². The Hall–Kier alpha value is -1.33. The van der Waals surface area contributed by atoms with E-state index in [9.17, 15) is 14.7 Å². The molecule has 0 saturated heterocycles. The summed E-state index contributed by atoms with van der Waals surface area (Å²) < 4.78 is 22.0. The average molecular weight is 348 g/mol. The van der Waals surface area contributed by atoms with Crippen LogP contribution in [0.25, 0.3) is 0 Å². The Bertz CT molecular complexity index is 712. The number of allylic oxidation sites excluding steroid dienone is 4. The molecule has 136 valence electrons. The number of Topliss-reactive ketones (excluding diaryl/α,β-unsaturated/α-hetero) is 1. The van der Waals surface area contributed by atoms with Crippen molar-refractivity contribution in [2.24, 2.45) is 22.7 Å². The van der Waals surface area contributed by atoms with Crippen molar-refractivity contribution >= 4 is 11.6 Å². The van der Waals surface area contributed by atoms with Crippen LogP contribution in [0.5, 0.6) is 0 Å². The minimum atomic E-state index is -1.87. The summed E-state index contributed by atoms with van der Waals surface area (Å²) in [5, 5.41) is 10.9. The molecule has 0 bridgehead atoms. The first-order valence-electron chi connectivity index (χ1n) is 9.07. The Labute approximate surface area is 147 Å². The zero-order chi connectivity index (χ0) is 18.2. The molecule has 4 nitrogen and oxygen atoms in total. The summed E-state index contributed by atoms with van der Waals surface area (Å²) in [7, 11) is 1.51. The molecule has 0 aromatic heterocycles. The van der Waals surface area contributed by atoms with Gasteiger partial charge in [-0.3, -0.25) is 9.59 Å². The number of carbonyl (C=O) groups excluding carboxylic acids is 2. The number of hydrogen-bond donors (Lipinski definition) is 1. The predicted molar refractivity (Wildman–Crippen MR) is 89.5 cm³/mol. The fourth-order valence-corrected chi connectivity index (χ4v) is 6.19. The molecule has 3 saturated carbocycles. The summed E-state index contributed by atoms with van der Waals surface area (Å²) in [6, 6.07) is 0. The highest BCUT2D eigenvalue weighted by Gasteiger charge is 2.71. The molecule has 1 N–H and O–H groups in total. The first-order chi connectivity index (χ1) is 11.7. The van der Waals surface area contributed by atoms with Crippen LogP contribution in [0.4, 0.5) is 4.39 Å². The second-order valence-electron chi connectivity index (χ2n) is 8.59. The van der Waals surface area contributed by atoms with Gasteiger partial charge in [0.2, 0.25) is 0 Å². The fourth-order valence-electron chi connectivity index (χ4n) is 6.19. The maximum atomic E-state index is 16.6. The standard InChI is InChI=1S/C20H25FO4/c1-18-10-16(23)20(21)13(14(18)9-15(25-3)17(18)24)5-4-11-8-12(22)6-7-19(11,20)2/h6-8,13-16,23H,4-5,9-10H2,1-3H3/t13-,14-,15+,16-,18-,19-,20?/m0/s1. The van der Waals surface area contributed by atoms with E-state index in [1.165, 1.54) is 19.3 Å². The number of halogens is 1. The van der Waals surface area contributed by atoms with Crippen molar-refractivity contribution in [3.05, 3.63) is 23.8 Å².